The minimum Gasteiger partial charge on any atom is -0.422 e. The van der Waals surface area contributed by atoms with E-state index in [9.17, 15) is 9.59 Å². The van der Waals surface area contributed by atoms with Crippen LogP contribution < -0.4 is 10.9 Å². The highest BCUT2D eigenvalue weighted by Crippen LogP contribution is 2.27. The van der Waals surface area contributed by atoms with Crippen molar-refractivity contribution in [2.45, 2.75) is 0 Å². The molecule has 0 unspecified atom stereocenters. The molecule has 5 heteroatoms. The zero-order valence-corrected chi connectivity index (χ0v) is 17.0. The summed E-state index contributed by atoms with van der Waals surface area (Å²) in [7, 11) is 0. The van der Waals surface area contributed by atoms with Crippen molar-refractivity contribution < 1.29 is 9.21 Å². The maximum absolute atomic E-state index is 12.9. The Morgan fingerprint density at radius 2 is 1.55 bits per heavy atom. The molecule has 0 aliphatic rings. The Labute approximate surface area is 182 Å². The van der Waals surface area contributed by atoms with E-state index in [1.165, 1.54) is 0 Å². The molecular formula is C26H16ClNO3. The van der Waals surface area contributed by atoms with Crippen molar-refractivity contribution in [3.05, 3.63) is 112 Å². The third-order valence-electron chi connectivity index (χ3n) is 5.21. The first-order chi connectivity index (χ1) is 15.1. The number of amides is 1. The molecule has 0 atom stereocenters. The summed E-state index contributed by atoms with van der Waals surface area (Å²) >= 11 is 6.25. The van der Waals surface area contributed by atoms with Crippen LogP contribution in [0.4, 0.5) is 5.69 Å². The maximum Gasteiger partial charge on any atom is 0.344 e. The van der Waals surface area contributed by atoms with Crippen molar-refractivity contribution in [1.82, 2.24) is 0 Å². The average molecular weight is 426 g/mol. The molecule has 5 rings (SSSR count). The Balaban J connectivity index is 1.44. The second kappa shape index (κ2) is 7.74. The van der Waals surface area contributed by atoms with Gasteiger partial charge in [0.2, 0.25) is 0 Å². The first-order valence-corrected chi connectivity index (χ1v) is 10.1. The Morgan fingerprint density at radius 1 is 0.806 bits per heavy atom. The lowest BCUT2D eigenvalue weighted by Crippen LogP contribution is -2.12. The van der Waals surface area contributed by atoms with Gasteiger partial charge in [-0.15, -0.1) is 0 Å². The molecule has 0 aliphatic carbocycles. The molecule has 1 amide bonds. The fourth-order valence-electron chi connectivity index (χ4n) is 3.66. The predicted molar refractivity (Wildman–Crippen MR) is 125 cm³/mol. The van der Waals surface area contributed by atoms with Crippen molar-refractivity contribution in [2.24, 2.45) is 0 Å². The van der Waals surface area contributed by atoms with Crippen LogP contribution in [-0.4, -0.2) is 5.91 Å². The maximum atomic E-state index is 12.9. The molecule has 1 aromatic heterocycles. The molecule has 1 heterocycles. The Bertz CT molecular complexity index is 1500. The molecule has 4 aromatic carbocycles. The number of anilines is 1. The smallest absolute Gasteiger partial charge is 0.344 e. The van der Waals surface area contributed by atoms with Gasteiger partial charge in [0.1, 0.15) is 5.58 Å². The summed E-state index contributed by atoms with van der Waals surface area (Å²) in [6, 6.07) is 27.3. The van der Waals surface area contributed by atoms with Crippen LogP contribution in [-0.2, 0) is 0 Å². The fraction of sp³-hybridized carbons (Fsp3) is 0. The van der Waals surface area contributed by atoms with Crippen molar-refractivity contribution >= 4 is 44.9 Å². The molecule has 1 N–H and O–H groups in total. The highest BCUT2D eigenvalue weighted by molar-refractivity contribution is 6.36. The van der Waals surface area contributed by atoms with Crippen LogP contribution in [0.15, 0.2) is 100 Å². The van der Waals surface area contributed by atoms with E-state index in [1.807, 2.05) is 48.5 Å². The molecule has 0 radical (unpaired) electrons. The van der Waals surface area contributed by atoms with Gasteiger partial charge in [0.15, 0.2) is 0 Å². The summed E-state index contributed by atoms with van der Waals surface area (Å²) in [6.07, 6.45) is 0. The van der Waals surface area contributed by atoms with E-state index in [2.05, 4.69) is 5.32 Å². The van der Waals surface area contributed by atoms with Gasteiger partial charge in [-0.25, -0.2) is 4.79 Å². The van der Waals surface area contributed by atoms with Crippen LogP contribution in [0.3, 0.4) is 0 Å². The lowest BCUT2D eigenvalue weighted by Gasteiger charge is -2.10. The highest BCUT2D eigenvalue weighted by Gasteiger charge is 2.12. The molecule has 150 valence electrons. The van der Waals surface area contributed by atoms with Crippen LogP contribution in [0, 0.1) is 0 Å². The molecule has 0 saturated heterocycles. The van der Waals surface area contributed by atoms with Crippen LogP contribution in [0.1, 0.15) is 10.4 Å². The zero-order valence-electron chi connectivity index (χ0n) is 16.3. The monoisotopic (exact) mass is 425 g/mol. The molecule has 0 spiro atoms. The quantitative estimate of drug-likeness (QED) is 0.335. The van der Waals surface area contributed by atoms with Crippen LogP contribution >= 0.6 is 11.6 Å². The summed E-state index contributed by atoms with van der Waals surface area (Å²) in [5, 5.41) is 5.98. The lowest BCUT2D eigenvalue weighted by atomic mass is 10.0. The molecule has 4 nitrogen and oxygen atoms in total. The van der Waals surface area contributed by atoms with Crippen LogP contribution in [0.25, 0.3) is 32.9 Å². The van der Waals surface area contributed by atoms with E-state index in [0.717, 1.165) is 21.7 Å². The minimum atomic E-state index is -0.400. The number of carbonyl (C=O) groups excluding carboxylic acids is 1. The first kappa shape index (κ1) is 19.1. The highest BCUT2D eigenvalue weighted by atomic mass is 35.5. The molecule has 5 aromatic rings. The largest absolute Gasteiger partial charge is 0.422 e. The SMILES string of the molecule is O=C(Nc1ccc(-c2cc3ccccc3oc2=O)cc1)c1cccc2c(Cl)cccc12. The molecule has 0 fully saturated rings. The lowest BCUT2D eigenvalue weighted by molar-refractivity contribution is 0.102. The summed E-state index contributed by atoms with van der Waals surface area (Å²) in [6.45, 7) is 0. The third-order valence-corrected chi connectivity index (χ3v) is 5.54. The molecule has 0 saturated carbocycles. The van der Waals surface area contributed by atoms with Gasteiger partial charge in [-0.2, -0.15) is 0 Å². The number of carbonyl (C=O) groups is 1. The average Bonchev–Trinajstić information content (AvgIpc) is 2.79. The number of hydrogen-bond donors (Lipinski definition) is 1. The number of nitrogens with one attached hydrogen (secondary N) is 1. The van der Waals surface area contributed by atoms with E-state index in [0.29, 0.717) is 27.4 Å². The van der Waals surface area contributed by atoms with Gasteiger partial charge in [0.05, 0.1) is 5.56 Å². The van der Waals surface area contributed by atoms with Gasteiger partial charge < -0.3 is 9.73 Å². The molecule has 31 heavy (non-hydrogen) atoms. The van der Waals surface area contributed by atoms with Crippen LogP contribution in [0.2, 0.25) is 5.02 Å². The van der Waals surface area contributed by atoms with Crippen molar-refractivity contribution in [2.75, 3.05) is 5.32 Å². The molecule has 0 aliphatic heterocycles. The third kappa shape index (κ3) is 3.58. The first-order valence-electron chi connectivity index (χ1n) is 9.72. The summed E-state index contributed by atoms with van der Waals surface area (Å²) in [5.74, 6) is -0.231. The number of fused-ring (bicyclic) bond motifs is 2. The Hall–Kier alpha value is -3.89. The van der Waals surface area contributed by atoms with Crippen molar-refractivity contribution in [3.8, 4) is 11.1 Å². The van der Waals surface area contributed by atoms with Gasteiger partial charge in [0.25, 0.3) is 5.91 Å². The summed E-state index contributed by atoms with van der Waals surface area (Å²) in [5.41, 5.74) is 2.50. The number of halogens is 1. The molecule has 0 bridgehead atoms. The summed E-state index contributed by atoms with van der Waals surface area (Å²) in [4.78, 5) is 25.3. The van der Waals surface area contributed by atoms with Gasteiger partial charge in [-0.05, 0) is 47.3 Å². The summed E-state index contributed by atoms with van der Waals surface area (Å²) < 4.78 is 5.41. The second-order valence-corrected chi connectivity index (χ2v) is 7.56. The Morgan fingerprint density at radius 3 is 2.39 bits per heavy atom. The standard InChI is InChI=1S/C26H16ClNO3/c27-23-9-4-6-19-20(23)7-3-8-21(19)25(29)28-18-13-11-16(12-14-18)22-15-17-5-1-2-10-24(17)31-26(22)30/h1-15H,(H,28,29). The van der Waals surface area contributed by atoms with Gasteiger partial charge in [-0.1, -0.05) is 66.2 Å². The van der Waals surface area contributed by atoms with E-state index in [4.69, 9.17) is 16.0 Å². The normalized spacial score (nSPS) is 11.0. The number of hydrogen-bond acceptors (Lipinski definition) is 3. The fourth-order valence-corrected chi connectivity index (χ4v) is 3.90. The number of benzene rings is 4. The predicted octanol–water partition coefficient (Wildman–Crippen LogP) is 6.52. The Kier molecular flexibility index (Phi) is 4.77. The number of para-hydroxylation sites is 1. The van der Waals surface area contributed by atoms with E-state index in [1.54, 1.807) is 42.5 Å². The van der Waals surface area contributed by atoms with Gasteiger partial charge in [0, 0.05) is 27.0 Å². The van der Waals surface area contributed by atoms with Gasteiger partial charge in [-0.3, -0.25) is 4.79 Å². The minimum absolute atomic E-state index is 0.231. The van der Waals surface area contributed by atoms with Crippen molar-refractivity contribution in [1.29, 1.82) is 0 Å². The van der Waals surface area contributed by atoms with E-state index < -0.39 is 5.63 Å². The van der Waals surface area contributed by atoms with E-state index in [-0.39, 0.29) is 5.91 Å². The van der Waals surface area contributed by atoms with Crippen LogP contribution in [0.5, 0.6) is 0 Å². The van der Waals surface area contributed by atoms with E-state index >= 15 is 0 Å². The molecular weight excluding hydrogens is 410 g/mol. The second-order valence-electron chi connectivity index (χ2n) is 7.16. The van der Waals surface area contributed by atoms with Gasteiger partial charge >= 0.3 is 5.63 Å². The zero-order chi connectivity index (χ0) is 21.4. The van der Waals surface area contributed by atoms with Crippen molar-refractivity contribution in [3.63, 3.8) is 0 Å². The topological polar surface area (TPSA) is 59.3 Å². The number of rotatable bonds is 3.